The third-order valence-electron chi connectivity index (χ3n) is 8.57. The topological polar surface area (TPSA) is 131 Å². The van der Waals surface area contributed by atoms with Crippen LogP contribution in [0.4, 0.5) is 0 Å². The zero-order valence-corrected chi connectivity index (χ0v) is 33.5. The molecule has 8 nitrogen and oxygen atoms in total. The summed E-state index contributed by atoms with van der Waals surface area (Å²) in [6.07, 6.45) is 47.0. The fourth-order valence-electron chi connectivity index (χ4n) is 5.45. The van der Waals surface area contributed by atoms with Gasteiger partial charge in [0.1, 0.15) is 0 Å². The van der Waals surface area contributed by atoms with Crippen LogP contribution in [0.2, 0.25) is 0 Å². The number of carbonyl (C=O) groups excluding carboxylic acids is 1. The van der Waals surface area contributed by atoms with Crippen molar-refractivity contribution in [2.75, 3.05) is 19.8 Å². The van der Waals surface area contributed by atoms with Crippen LogP contribution in [0.1, 0.15) is 168 Å². The summed E-state index contributed by atoms with van der Waals surface area (Å²) in [5.74, 6) is -0.221. The van der Waals surface area contributed by atoms with E-state index in [2.05, 4.69) is 67.8 Å². The summed E-state index contributed by atoms with van der Waals surface area (Å²) in [6.45, 7) is 4.04. The fraction of sp³-hybridized carbons (Fsp3) is 0.738. The normalized spacial score (nSPS) is 14.8. The second-order valence-electron chi connectivity index (χ2n) is 13.5. The van der Waals surface area contributed by atoms with Crippen LogP contribution in [0.3, 0.4) is 0 Å². The number of nitrogens with two attached hydrogens (primary N) is 1. The molecule has 5 N–H and O–H groups in total. The molecule has 0 saturated heterocycles. The quantitative estimate of drug-likeness (QED) is 0.0284. The molecule has 0 heterocycles. The van der Waals surface area contributed by atoms with Crippen molar-refractivity contribution in [1.29, 1.82) is 0 Å². The molecule has 0 bridgehead atoms. The minimum atomic E-state index is -4.35. The maximum Gasteiger partial charge on any atom is 0.472 e. The molecule has 0 aliphatic carbocycles. The van der Waals surface area contributed by atoms with E-state index in [1.54, 1.807) is 6.08 Å². The van der Waals surface area contributed by atoms with E-state index >= 15 is 0 Å². The van der Waals surface area contributed by atoms with E-state index in [1.807, 2.05) is 6.08 Å². The van der Waals surface area contributed by atoms with E-state index in [0.717, 1.165) is 64.2 Å². The number of aliphatic hydroxyl groups excluding tert-OH is 1. The molecule has 9 heteroatoms. The molecule has 0 saturated carbocycles. The Morgan fingerprint density at radius 1 is 0.647 bits per heavy atom. The lowest BCUT2D eigenvalue weighted by molar-refractivity contribution is -0.123. The molecule has 0 aromatic carbocycles. The van der Waals surface area contributed by atoms with Gasteiger partial charge in [-0.1, -0.05) is 152 Å². The van der Waals surface area contributed by atoms with E-state index in [-0.39, 0.29) is 25.7 Å². The van der Waals surface area contributed by atoms with E-state index < -0.39 is 20.0 Å². The smallest absolute Gasteiger partial charge is 0.387 e. The molecular weight excluding hydrogens is 659 g/mol. The van der Waals surface area contributed by atoms with Gasteiger partial charge in [-0.15, -0.1) is 0 Å². The molecule has 0 rings (SSSR count). The highest BCUT2D eigenvalue weighted by atomic mass is 31.2. The van der Waals surface area contributed by atoms with E-state index in [9.17, 15) is 19.4 Å². The maximum atomic E-state index is 12.7. The number of amides is 1. The maximum absolute atomic E-state index is 12.7. The van der Waals surface area contributed by atoms with Gasteiger partial charge in [-0.25, -0.2) is 4.57 Å². The van der Waals surface area contributed by atoms with Crippen LogP contribution < -0.4 is 11.1 Å². The Morgan fingerprint density at radius 2 is 1.10 bits per heavy atom. The minimum Gasteiger partial charge on any atom is -0.387 e. The Hall–Kier alpha value is -1.80. The Labute approximate surface area is 313 Å². The third-order valence-corrected chi connectivity index (χ3v) is 9.55. The van der Waals surface area contributed by atoms with Crippen LogP contribution in [0.15, 0.2) is 60.8 Å². The van der Waals surface area contributed by atoms with Crippen molar-refractivity contribution in [3.8, 4) is 0 Å². The van der Waals surface area contributed by atoms with Crippen molar-refractivity contribution in [3.05, 3.63) is 60.8 Å². The third kappa shape index (κ3) is 36.4. The number of unbranched alkanes of at least 4 members (excludes halogenated alkanes) is 17. The molecule has 1 amide bonds. The summed E-state index contributed by atoms with van der Waals surface area (Å²) < 4.78 is 22.0. The van der Waals surface area contributed by atoms with Crippen molar-refractivity contribution in [2.24, 2.45) is 5.73 Å². The summed E-state index contributed by atoms with van der Waals surface area (Å²) in [6, 6.07) is -0.885. The average Bonchev–Trinajstić information content (AvgIpc) is 3.12. The summed E-state index contributed by atoms with van der Waals surface area (Å²) >= 11 is 0. The number of phosphoric ester groups is 1. The van der Waals surface area contributed by atoms with Crippen molar-refractivity contribution >= 4 is 13.7 Å². The first-order valence-corrected chi connectivity index (χ1v) is 21.9. The van der Waals surface area contributed by atoms with E-state index in [1.165, 1.54) is 83.5 Å². The minimum absolute atomic E-state index is 0.0689. The molecule has 0 aromatic heterocycles. The van der Waals surface area contributed by atoms with Crippen molar-refractivity contribution in [2.45, 2.75) is 180 Å². The average molecular weight is 737 g/mol. The number of rotatable bonds is 37. The molecular formula is C42H77N2O6P. The van der Waals surface area contributed by atoms with Gasteiger partial charge in [-0.05, 0) is 70.6 Å². The molecule has 0 aromatic rings. The molecule has 0 fully saturated rings. The van der Waals surface area contributed by atoms with Gasteiger partial charge in [0.25, 0.3) is 0 Å². The Balaban J connectivity index is 4.27. The van der Waals surface area contributed by atoms with E-state index in [4.69, 9.17) is 14.8 Å². The molecule has 0 aliphatic rings. The first-order chi connectivity index (χ1) is 24.9. The zero-order valence-electron chi connectivity index (χ0n) is 32.6. The summed E-state index contributed by atoms with van der Waals surface area (Å²) in [7, 11) is -4.35. The van der Waals surface area contributed by atoms with Crippen LogP contribution >= 0.6 is 7.82 Å². The molecule has 0 aliphatic heterocycles. The molecule has 51 heavy (non-hydrogen) atoms. The molecule has 0 radical (unpaired) electrons. The van der Waals surface area contributed by atoms with E-state index in [0.29, 0.717) is 6.42 Å². The number of allylic oxidation sites excluding steroid dienone is 9. The van der Waals surface area contributed by atoms with Gasteiger partial charge in [-0.2, -0.15) is 0 Å². The van der Waals surface area contributed by atoms with Crippen molar-refractivity contribution in [3.63, 3.8) is 0 Å². The highest BCUT2D eigenvalue weighted by molar-refractivity contribution is 7.47. The SMILES string of the molecule is CCCCCCC/C=C\C/C=C\C/C=C\CCCCCCCCC(=O)NC(COP(=O)(O)OCCN)C(O)/C=C/CC/C=C/CCCCCCC. The predicted molar refractivity (Wildman–Crippen MR) is 217 cm³/mol. The van der Waals surface area contributed by atoms with Crippen molar-refractivity contribution in [1.82, 2.24) is 5.32 Å². The highest BCUT2D eigenvalue weighted by Crippen LogP contribution is 2.43. The Morgan fingerprint density at radius 3 is 1.65 bits per heavy atom. The van der Waals surface area contributed by atoms with Gasteiger partial charge in [0.05, 0.1) is 25.4 Å². The van der Waals surface area contributed by atoms with Gasteiger partial charge >= 0.3 is 7.82 Å². The number of hydrogen-bond acceptors (Lipinski definition) is 6. The first-order valence-electron chi connectivity index (χ1n) is 20.4. The van der Waals surface area contributed by atoms with Crippen molar-refractivity contribution < 1.29 is 28.4 Å². The Kier molecular flexibility index (Phi) is 36.6. The second kappa shape index (κ2) is 37.9. The number of carbonyl (C=O) groups is 1. The standard InChI is InChI=1S/C42H77N2O6P/c1-3-5-7-9-11-13-15-16-17-18-19-20-21-22-23-24-26-28-30-32-34-36-42(46)44-40(39-50-51(47,48)49-38-37-43)41(45)35-33-31-29-27-25-14-12-10-8-6-4-2/h15-16,18-19,21-22,25,27,33,35,40-41,45H,3-14,17,20,23-24,26,28-32,34,36-39,43H2,1-2H3,(H,44,46)(H,47,48)/b16-15-,19-18-,22-21-,27-25+,35-33+. The van der Waals surface area contributed by atoms with Crippen LogP contribution in [-0.2, 0) is 18.4 Å². The largest absolute Gasteiger partial charge is 0.472 e. The summed E-state index contributed by atoms with van der Waals surface area (Å²) in [4.78, 5) is 22.6. The zero-order chi connectivity index (χ0) is 37.5. The molecule has 3 atom stereocenters. The van der Waals surface area contributed by atoms with Crippen LogP contribution in [-0.4, -0.2) is 47.8 Å². The number of hydrogen-bond donors (Lipinski definition) is 4. The first kappa shape index (κ1) is 49.2. The summed E-state index contributed by atoms with van der Waals surface area (Å²) in [5.41, 5.74) is 5.35. The monoisotopic (exact) mass is 737 g/mol. The van der Waals surface area contributed by atoms with Crippen LogP contribution in [0, 0.1) is 0 Å². The van der Waals surface area contributed by atoms with Gasteiger partial charge < -0.3 is 21.1 Å². The predicted octanol–water partition coefficient (Wildman–Crippen LogP) is 11.1. The molecule has 0 spiro atoms. The fourth-order valence-corrected chi connectivity index (χ4v) is 6.21. The molecule has 3 unspecified atom stereocenters. The number of phosphoric acid groups is 1. The lowest BCUT2D eigenvalue weighted by atomic mass is 10.1. The highest BCUT2D eigenvalue weighted by Gasteiger charge is 2.26. The summed E-state index contributed by atoms with van der Waals surface area (Å²) in [5, 5.41) is 13.6. The van der Waals surface area contributed by atoms with Gasteiger partial charge in [0, 0.05) is 13.0 Å². The van der Waals surface area contributed by atoms with Gasteiger partial charge in [-0.3, -0.25) is 13.8 Å². The lowest BCUT2D eigenvalue weighted by Crippen LogP contribution is -2.45. The van der Waals surface area contributed by atoms with Gasteiger partial charge in [0.2, 0.25) is 5.91 Å². The van der Waals surface area contributed by atoms with Crippen LogP contribution in [0.25, 0.3) is 0 Å². The number of nitrogens with one attached hydrogen (secondary N) is 1. The lowest BCUT2D eigenvalue weighted by Gasteiger charge is -2.23. The van der Waals surface area contributed by atoms with Gasteiger partial charge in [0.15, 0.2) is 0 Å². The molecule has 296 valence electrons. The van der Waals surface area contributed by atoms with Crippen LogP contribution in [0.5, 0.6) is 0 Å². The second-order valence-corrected chi connectivity index (χ2v) is 14.9. The Bertz CT molecular complexity index is 980. The number of aliphatic hydroxyl groups is 1.